The standard InChI is InChI=1S/C19H23N5O3S/c1-4-20-16-11-10-15(28(25,26)24(2)3)12-17(16)21-13-18-22-23-19(27-18)14-8-6-5-7-9-14/h5-12,20-21H,4,13H2,1-3H3. The van der Waals surface area contributed by atoms with E-state index in [9.17, 15) is 8.42 Å². The summed E-state index contributed by atoms with van der Waals surface area (Å²) >= 11 is 0. The fourth-order valence-electron chi connectivity index (χ4n) is 2.58. The highest BCUT2D eigenvalue weighted by Gasteiger charge is 2.19. The van der Waals surface area contributed by atoms with E-state index >= 15 is 0 Å². The lowest BCUT2D eigenvalue weighted by Gasteiger charge is -2.16. The predicted molar refractivity (Wildman–Crippen MR) is 109 cm³/mol. The fraction of sp³-hybridized carbons (Fsp3) is 0.263. The smallest absolute Gasteiger partial charge is 0.247 e. The summed E-state index contributed by atoms with van der Waals surface area (Å²) in [5, 5.41) is 14.5. The molecule has 9 heteroatoms. The first kappa shape index (κ1) is 19.8. The van der Waals surface area contributed by atoms with E-state index in [1.165, 1.54) is 18.4 Å². The van der Waals surface area contributed by atoms with E-state index in [1.54, 1.807) is 18.2 Å². The Hall–Kier alpha value is -2.91. The van der Waals surface area contributed by atoms with Crippen LogP contribution in [-0.4, -0.2) is 43.6 Å². The lowest BCUT2D eigenvalue weighted by Crippen LogP contribution is -2.22. The molecule has 0 unspecified atom stereocenters. The van der Waals surface area contributed by atoms with Crippen LogP contribution < -0.4 is 10.6 Å². The largest absolute Gasteiger partial charge is 0.419 e. The molecule has 0 bridgehead atoms. The van der Waals surface area contributed by atoms with E-state index in [0.29, 0.717) is 24.0 Å². The maximum absolute atomic E-state index is 12.4. The molecule has 28 heavy (non-hydrogen) atoms. The van der Waals surface area contributed by atoms with Gasteiger partial charge in [0.15, 0.2) is 0 Å². The minimum atomic E-state index is -3.53. The molecule has 3 rings (SSSR count). The van der Waals surface area contributed by atoms with Gasteiger partial charge in [-0.15, -0.1) is 10.2 Å². The van der Waals surface area contributed by atoms with Crippen molar-refractivity contribution in [2.75, 3.05) is 31.3 Å². The summed E-state index contributed by atoms with van der Waals surface area (Å²) < 4.78 is 31.7. The topological polar surface area (TPSA) is 100 Å². The number of nitrogens with one attached hydrogen (secondary N) is 2. The predicted octanol–water partition coefficient (Wildman–Crippen LogP) is 3.03. The first-order valence-corrected chi connectivity index (χ1v) is 10.3. The number of hydrogen-bond acceptors (Lipinski definition) is 7. The van der Waals surface area contributed by atoms with E-state index in [2.05, 4.69) is 20.8 Å². The third kappa shape index (κ3) is 4.32. The van der Waals surface area contributed by atoms with Gasteiger partial charge in [0.05, 0.1) is 22.8 Å². The van der Waals surface area contributed by atoms with Crippen LogP contribution in [0.15, 0.2) is 57.8 Å². The number of sulfonamides is 1. The van der Waals surface area contributed by atoms with E-state index < -0.39 is 10.0 Å². The van der Waals surface area contributed by atoms with Crippen LogP contribution in [0.5, 0.6) is 0 Å². The molecule has 1 heterocycles. The van der Waals surface area contributed by atoms with E-state index in [4.69, 9.17) is 4.42 Å². The van der Waals surface area contributed by atoms with Crippen LogP contribution in [0.25, 0.3) is 11.5 Å². The zero-order valence-corrected chi connectivity index (χ0v) is 16.8. The molecular formula is C19H23N5O3S. The van der Waals surface area contributed by atoms with Gasteiger partial charge in [0, 0.05) is 26.2 Å². The van der Waals surface area contributed by atoms with Gasteiger partial charge in [0.2, 0.25) is 21.8 Å². The number of rotatable bonds is 8. The maximum atomic E-state index is 12.4. The average molecular weight is 401 g/mol. The Morgan fingerprint density at radius 3 is 2.43 bits per heavy atom. The van der Waals surface area contributed by atoms with Crippen LogP contribution in [0.4, 0.5) is 11.4 Å². The van der Waals surface area contributed by atoms with Crippen LogP contribution >= 0.6 is 0 Å². The molecule has 8 nitrogen and oxygen atoms in total. The number of benzene rings is 2. The van der Waals surface area contributed by atoms with Crippen molar-refractivity contribution in [1.29, 1.82) is 0 Å². The number of aromatic nitrogens is 2. The van der Waals surface area contributed by atoms with E-state index in [1.807, 2.05) is 37.3 Å². The maximum Gasteiger partial charge on any atom is 0.247 e. The second-order valence-corrected chi connectivity index (χ2v) is 8.40. The lowest BCUT2D eigenvalue weighted by molar-refractivity contribution is 0.515. The van der Waals surface area contributed by atoms with Gasteiger partial charge in [0.25, 0.3) is 0 Å². The Kier molecular flexibility index (Phi) is 5.96. The van der Waals surface area contributed by atoms with Crippen LogP contribution in [-0.2, 0) is 16.6 Å². The molecule has 0 fully saturated rings. The second kappa shape index (κ2) is 8.41. The molecule has 0 aliphatic heterocycles. The third-order valence-corrected chi connectivity index (χ3v) is 5.87. The molecule has 148 valence electrons. The van der Waals surface area contributed by atoms with Gasteiger partial charge in [-0.2, -0.15) is 0 Å². The van der Waals surface area contributed by atoms with Crippen molar-refractivity contribution >= 4 is 21.4 Å². The first-order valence-electron chi connectivity index (χ1n) is 8.84. The van der Waals surface area contributed by atoms with Gasteiger partial charge in [-0.1, -0.05) is 18.2 Å². The van der Waals surface area contributed by atoms with Gasteiger partial charge >= 0.3 is 0 Å². The molecule has 0 amide bonds. The number of anilines is 2. The van der Waals surface area contributed by atoms with Gasteiger partial charge in [-0.05, 0) is 37.3 Å². The molecule has 1 aromatic heterocycles. The first-order chi connectivity index (χ1) is 13.4. The zero-order chi connectivity index (χ0) is 20.1. The second-order valence-electron chi connectivity index (χ2n) is 6.25. The molecular weight excluding hydrogens is 378 g/mol. The molecule has 2 N–H and O–H groups in total. The van der Waals surface area contributed by atoms with E-state index in [-0.39, 0.29) is 11.4 Å². The van der Waals surface area contributed by atoms with Crippen molar-refractivity contribution in [3.8, 4) is 11.5 Å². The highest BCUT2D eigenvalue weighted by molar-refractivity contribution is 7.89. The monoisotopic (exact) mass is 401 g/mol. The molecule has 0 aliphatic carbocycles. The van der Waals surface area contributed by atoms with Crippen LogP contribution in [0.1, 0.15) is 12.8 Å². The number of nitrogens with zero attached hydrogens (tertiary/aromatic N) is 3. The third-order valence-electron chi connectivity index (χ3n) is 4.05. The van der Waals surface area contributed by atoms with Crippen LogP contribution in [0.3, 0.4) is 0 Å². The lowest BCUT2D eigenvalue weighted by atomic mass is 10.2. The van der Waals surface area contributed by atoms with Crippen molar-refractivity contribution in [2.45, 2.75) is 18.4 Å². The Bertz CT molecular complexity index is 1030. The summed E-state index contributed by atoms with van der Waals surface area (Å²) in [4.78, 5) is 0.206. The quantitative estimate of drug-likeness (QED) is 0.598. The van der Waals surface area contributed by atoms with Crippen LogP contribution in [0.2, 0.25) is 0 Å². The van der Waals surface area contributed by atoms with Gasteiger partial charge < -0.3 is 15.1 Å². The molecule has 3 aromatic rings. The molecule has 0 spiro atoms. The molecule has 0 atom stereocenters. The molecule has 0 radical (unpaired) electrons. The normalized spacial score (nSPS) is 11.6. The molecule has 2 aromatic carbocycles. The fourth-order valence-corrected chi connectivity index (χ4v) is 3.51. The Labute approximate surface area is 164 Å². The van der Waals surface area contributed by atoms with E-state index in [0.717, 1.165) is 11.3 Å². The van der Waals surface area contributed by atoms with Gasteiger partial charge in [-0.3, -0.25) is 0 Å². The van der Waals surface area contributed by atoms with Gasteiger partial charge in [0.1, 0.15) is 0 Å². The summed E-state index contributed by atoms with van der Waals surface area (Å²) in [7, 11) is -0.524. The molecule has 0 saturated heterocycles. The van der Waals surface area contributed by atoms with Crippen molar-refractivity contribution < 1.29 is 12.8 Å². The molecule has 0 saturated carbocycles. The Morgan fingerprint density at radius 2 is 1.75 bits per heavy atom. The summed E-state index contributed by atoms with van der Waals surface area (Å²) in [5.41, 5.74) is 2.28. The minimum absolute atomic E-state index is 0.206. The van der Waals surface area contributed by atoms with Crippen LogP contribution in [0, 0.1) is 0 Å². The Balaban J connectivity index is 1.82. The Morgan fingerprint density at radius 1 is 1.00 bits per heavy atom. The average Bonchev–Trinajstić information content (AvgIpc) is 3.17. The highest BCUT2D eigenvalue weighted by Crippen LogP contribution is 2.27. The van der Waals surface area contributed by atoms with Crippen molar-refractivity contribution in [1.82, 2.24) is 14.5 Å². The SMILES string of the molecule is CCNc1ccc(S(=O)(=O)N(C)C)cc1NCc1nnc(-c2ccccc2)o1. The minimum Gasteiger partial charge on any atom is -0.419 e. The summed E-state index contributed by atoms with van der Waals surface area (Å²) in [5.74, 6) is 0.843. The van der Waals surface area contributed by atoms with Crippen molar-refractivity contribution in [3.05, 3.63) is 54.4 Å². The van der Waals surface area contributed by atoms with Crippen molar-refractivity contribution in [2.24, 2.45) is 0 Å². The highest BCUT2D eigenvalue weighted by atomic mass is 32.2. The zero-order valence-electron chi connectivity index (χ0n) is 16.0. The summed E-state index contributed by atoms with van der Waals surface area (Å²) in [6, 6.07) is 14.4. The summed E-state index contributed by atoms with van der Waals surface area (Å²) in [6.07, 6.45) is 0. The molecule has 0 aliphatic rings. The van der Waals surface area contributed by atoms with Gasteiger partial charge in [-0.25, -0.2) is 12.7 Å². The van der Waals surface area contributed by atoms with Crippen molar-refractivity contribution in [3.63, 3.8) is 0 Å². The number of hydrogen-bond donors (Lipinski definition) is 2. The summed E-state index contributed by atoms with van der Waals surface area (Å²) in [6.45, 7) is 2.94.